The van der Waals surface area contributed by atoms with Gasteiger partial charge < -0.3 is 5.73 Å². The lowest BCUT2D eigenvalue weighted by Gasteiger charge is -2.22. The van der Waals surface area contributed by atoms with Crippen molar-refractivity contribution in [2.75, 3.05) is 24.3 Å². The van der Waals surface area contributed by atoms with Crippen molar-refractivity contribution in [1.29, 1.82) is 0 Å². The molecule has 1 saturated heterocycles. The quantitative estimate of drug-likeness (QED) is 0.801. The van der Waals surface area contributed by atoms with Crippen molar-refractivity contribution in [3.63, 3.8) is 0 Å². The van der Waals surface area contributed by atoms with Crippen LogP contribution in [0.2, 0.25) is 0 Å². The smallest absolute Gasteiger partial charge is 0.218 e. The van der Waals surface area contributed by atoms with Gasteiger partial charge in [-0.1, -0.05) is 12.1 Å². The molecule has 1 fully saturated rings. The summed E-state index contributed by atoms with van der Waals surface area (Å²) in [6.45, 7) is 0. The van der Waals surface area contributed by atoms with Crippen LogP contribution in [0.3, 0.4) is 0 Å². The lowest BCUT2D eigenvalue weighted by molar-refractivity contribution is 0.393. The molecule has 1 aliphatic heterocycles. The van der Waals surface area contributed by atoms with Crippen molar-refractivity contribution in [3.8, 4) is 0 Å². The van der Waals surface area contributed by atoms with Gasteiger partial charge in [-0.05, 0) is 24.1 Å². The molecule has 112 valence electrons. The van der Waals surface area contributed by atoms with E-state index in [0.29, 0.717) is 17.7 Å². The molecule has 1 atom stereocenters. The number of rotatable bonds is 4. The molecular weight excluding hydrogens is 300 g/mol. The van der Waals surface area contributed by atoms with E-state index < -0.39 is 25.9 Å². The van der Waals surface area contributed by atoms with Gasteiger partial charge in [0.2, 0.25) is 10.0 Å². The largest absolute Gasteiger partial charge is 0.399 e. The third-order valence-electron chi connectivity index (χ3n) is 3.49. The molecule has 0 saturated carbocycles. The predicted molar refractivity (Wildman–Crippen MR) is 78.3 cm³/mol. The highest BCUT2D eigenvalue weighted by Gasteiger charge is 2.35. The summed E-state index contributed by atoms with van der Waals surface area (Å²) in [6.07, 6.45) is 0.361. The zero-order valence-corrected chi connectivity index (χ0v) is 12.8. The molecule has 2 rings (SSSR count). The number of hydrogen-bond donors (Lipinski definition) is 1. The highest BCUT2D eigenvalue weighted by molar-refractivity contribution is 7.92. The van der Waals surface area contributed by atoms with Gasteiger partial charge in [0, 0.05) is 18.8 Å². The van der Waals surface area contributed by atoms with E-state index in [2.05, 4.69) is 0 Å². The second-order valence-electron chi connectivity index (χ2n) is 5.07. The predicted octanol–water partition coefficient (Wildman–Crippen LogP) is 0.218. The Labute approximate surface area is 119 Å². The number of sulfone groups is 1. The van der Waals surface area contributed by atoms with Crippen LogP contribution in [0.15, 0.2) is 24.3 Å². The Kier molecular flexibility index (Phi) is 4.08. The molecule has 0 aromatic heterocycles. The molecule has 1 aromatic carbocycles. The van der Waals surface area contributed by atoms with Crippen LogP contribution in [0.25, 0.3) is 0 Å². The van der Waals surface area contributed by atoms with Gasteiger partial charge in [0.05, 0.1) is 17.3 Å². The summed E-state index contributed by atoms with van der Waals surface area (Å²) in [5, 5.41) is 0. The van der Waals surface area contributed by atoms with Crippen molar-refractivity contribution in [3.05, 3.63) is 29.8 Å². The lowest BCUT2D eigenvalue weighted by Crippen LogP contribution is -2.38. The molecule has 0 aliphatic carbocycles. The van der Waals surface area contributed by atoms with Gasteiger partial charge in [-0.15, -0.1) is 0 Å². The fourth-order valence-electron chi connectivity index (χ4n) is 2.22. The number of hydrogen-bond acceptors (Lipinski definition) is 5. The Hall–Kier alpha value is -1.12. The number of nitrogens with two attached hydrogens (primary N) is 1. The maximum absolute atomic E-state index is 12.3. The van der Waals surface area contributed by atoms with Crippen LogP contribution >= 0.6 is 0 Å². The second kappa shape index (κ2) is 5.34. The van der Waals surface area contributed by atoms with Crippen LogP contribution in [-0.2, 0) is 25.6 Å². The SMILES string of the molecule is CN(C1CCS(=O)(=O)C1)S(=O)(=O)Cc1ccc(N)cc1. The van der Waals surface area contributed by atoms with E-state index in [-0.39, 0.29) is 17.3 Å². The van der Waals surface area contributed by atoms with Crippen molar-refractivity contribution < 1.29 is 16.8 Å². The van der Waals surface area contributed by atoms with E-state index in [9.17, 15) is 16.8 Å². The van der Waals surface area contributed by atoms with E-state index in [0.717, 1.165) is 0 Å². The Morgan fingerprint density at radius 2 is 1.90 bits per heavy atom. The molecule has 0 amide bonds. The van der Waals surface area contributed by atoms with Gasteiger partial charge >= 0.3 is 0 Å². The number of nitrogens with zero attached hydrogens (tertiary/aromatic N) is 1. The van der Waals surface area contributed by atoms with Crippen LogP contribution in [0.1, 0.15) is 12.0 Å². The van der Waals surface area contributed by atoms with E-state index in [1.807, 2.05) is 0 Å². The minimum Gasteiger partial charge on any atom is -0.399 e. The molecule has 1 heterocycles. The minimum atomic E-state index is -3.53. The summed E-state index contributed by atoms with van der Waals surface area (Å²) in [7, 11) is -5.19. The van der Waals surface area contributed by atoms with Gasteiger partial charge in [0.1, 0.15) is 0 Å². The highest BCUT2D eigenvalue weighted by atomic mass is 32.2. The topological polar surface area (TPSA) is 97.5 Å². The van der Waals surface area contributed by atoms with Gasteiger partial charge in [-0.2, -0.15) is 0 Å². The molecule has 0 bridgehead atoms. The fourth-order valence-corrected chi connectivity index (χ4v) is 5.54. The van der Waals surface area contributed by atoms with E-state index in [1.54, 1.807) is 24.3 Å². The number of nitrogen functional groups attached to an aromatic ring is 1. The molecular formula is C12H18N2O4S2. The molecule has 1 unspecified atom stereocenters. The van der Waals surface area contributed by atoms with Crippen molar-refractivity contribution in [2.24, 2.45) is 0 Å². The Balaban J connectivity index is 2.12. The van der Waals surface area contributed by atoms with Crippen molar-refractivity contribution in [2.45, 2.75) is 18.2 Å². The van der Waals surface area contributed by atoms with E-state index >= 15 is 0 Å². The summed E-state index contributed by atoms with van der Waals surface area (Å²) in [5.74, 6) is -0.190. The highest BCUT2D eigenvalue weighted by Crippen LogP contribution is 2.21. The second-order valence-corrected chi connectivity index (χ2v) is 9.33. The van der Waals surface area contributed by atoms with Crippen LogP contribution < -0.4 is 5.73 Å². The minimum absolute atomic E-state index is 0.0550. The average Bonchev–Trinajstić information content (AvgIpc) is 2.71. The lowest BCUT2D eigenvalue weighted by atomic mass is 10.2. The first-order chi connectivity index (χ1) is 9.20. The van der Waals surface area contributed by atoms with Crippen LogP contribution in [-0.4, -0.2) is 45.7 Å². The van der Waals surface area contributed by atoms with Gasteiger partial charge in [-0.25, -0.2) is 21.1 Å². The maximum atomic E-state index is 12.3. The van der Waals surface area contributed by atoms with Crippen molar-refractivity contribution >= 4 is 25.5 Å². The van der Waals surface area contributed by atoms with Crippen LogP contribution in [0.5, 0.6) is 0 Å². The molecule has 0 radical (unpaired) electrons. The van der Waals surface area contributed by atoms with Gasteiger partial charge in [0.25, 0.3) is 0 Å². The third-order valence-corrected chi connectivity index (χ3v) is 7.11. The Morgan fingerprint density at radius 3 is 2.40 bits per heavy atom. The Morgan fingerprint density at radius 1 is 1.30 bits per heavy atom. The number of benzene rings is 1. The molecule has 20 heavy (non-hydrogen) atoms. The first-order valence-electron chi connectivity index (χ1n) is 6.20. The summed E-state index contributed by atoms with van der Waals surface area (Å²) < 4.78 is 48.6. The number of anilines is 1. The summed E-state index contributed by atoms with van der Waals surface area (Å²) in [6, 6.07) is 6.15. The molecule has 1 aromatic rings. The van der Waals surface area contributed by atoms with Crippen LogP contribution in [0, 0.1) is 0 Å². The van der Waals surface area contributed by atoms with Gasteiger partial charge in [-0.3, -0.25) is 0 Å². The van der Waals surface area contributed by atoms with E-state index in [1.165, 1.54) is 11.4 Å². The van der Waals surface area contributed by atoms with Gasteiger partial charge in [0.15, 0.2) is 9.84 Å². The van der Waals surface area contributed by atoms with Crippen molar-refractivity contribution in [1.82, 2.24) is 4.31 Å². The fraction of sp³-hybridized carbons (Fsp3) is 0.500. The maximum Gasteiger partial charge on any atom is 0.218 e. The average molecular weight is 318 g/mol. The third kappa shape index (κ3) is 3.50. The first-order valence-corrected chi connectivity index (χ1v) is 9.63. The standard InChI is InChI=1S/C12H18N2O4S2/c1-14(12-6-7-19(15,16)9-12)20(17,18)8-10-2-4-11(13)5-3-10/h2-5,12H,6-9,13H2,1H3. The molecule has 8 heteroatoms. The summed E-state index contributed by atoms with van der Waals surface area (Å²) >= 11 is 0. The normalized spacial score (nSPS) is 22.2. The summed E-state index contributed by atoms with van der Waals surface area (Å²) in [4.78, 5) is 0. The molecule has 6 nitrogen and oxygen atoms in total. The molecule has 1 aliphatic rings. The number of sulfonamides is 1. The first kappa shape index (κ1) is 15.3. The molecule has 2 N–H and O–H groups in total. The van der Waals surface area contributed by atoms with E-state index in [4.69, 9.17) is 5.73 Å². The van der Waals surface area contributed by atoms with Crippen LogP contribution in [0.4, 0.5) is 5.69 Å². The summed E-state index contributed by atoms with van der Waals surface area (Å²) in [5.41, 5.74) is 6.76. The Bertz CT molecular complexity index is 681. The monoisotopic (exact) mass is 318 g/mol. The zero-order chi connectivity index (χ0) is 15.0. The molecule has 0 spiro atoms. The zero-order valence-electron chi connectivity index (χ0n) is 11.2.